The molecule has 0 aliphatic heterocycles. The van der Waals surface area contributed by atoms with E-state index in [0.29, 0.717) is 6.07 Å². The van der Waals surface area contributed by atoms with Gasteiger partial charge < -0.3 is 15.4 Å². The van der Waals surface area contributed by atoms with Crippen LogP contribution in [0.15, 0.2) is 12.1 Å². The number of methoxy groups -OCH3 is 1. The minimum Gasteiger partial charge on any atom is -0.465 e. The fourth-order valence-electron chi connectivity index (χ4n) is 1.80. The van der Waals surface area contributed by atoms with E-state index in [1.807, 2.05) is 13.8 Å². The summed E-state index contributed by atoms with van der Waals surface area (Å²) in [6.07, 6.45) is 1.66. The van der Waals surface area contributed by atoms with Gasteiger partial charge in [0, 0.05) is 12.1 Å². The topological polar surface area (TPSA) is 67.4 Å². The lowest BCUT2D eigenvalue weighted by Crippen LogP contribution is -2.36. The van der Waals surface area contributed by atoms with Crippen molar-refractivity contribution >= 4 is 17.7 Å². The summed E-state index contributed by atoms with van der Waals surface area (Å²) in [5.41, 5.74) is -0.742. The van der Waals surface area contributed by atoms with Crippen molar-refractivity contribution in [3.05, 3.63) is 29.3 Å². The van der Waals surface area contributed by atoms with Crippen molar-refractivity contribution in [3.63, 3.8) is 0 Å². The van der Waals surface area contributed by atoms with Crippen LogP contribution < -0.4 is 10.6 Å². The standard InChI is InChI=1S/C14H18F2N2O3/c1-4-5-8(2)17-14(20)18-12-6-9(13(19)21-3)10(15)7-11(12)16/h6-8H,4-5H2,1-3H3,(H2,17,18,20). The zero-order chi connectivity index (χ0) is 16.0. The van der Waals surface area contributed by atoms with Gasteiger partial charge in [-0.2, -0.15) is 0 Å². The number of nitrogens with one attached hydrogen (secondary N) is 2. The second-order valence-corrected chi connectivity index (χ2v) is 4.59. The van der Waals surface area contributed by atoms with Gasteiger partial charge in [-0.3, -0.25) is 0 Å². The molecule has 1 atom stereocenters. The number of esters is 1. The molecule has 5 nitrogen and oxygen atoms in total. The molecule has 116 valence electrons. The first kappa shape index (κ1) is 16.9. The molecule has 0 fully saturated rings. The van der Waals surface area contributed by atoms with Crippen LogP contribution in [-0.2, 0) is 4.74 Å². The Labute approximate surface area is 121 Å². The highest BCUT2D eigenvalue weighted by molar-refractivity contribution is 5.94. The number of carbonyl (C=O) groups is 2. The molecule has 1 rings (SSSR count). The molecule has 1 aromatic rings. The van der Waals surface area contributed by atoms with Crippen molar-refractivity contribution in [2.75, 3.05) is 12.4 Å². The maximum Gasteiger partial charge on any atom is 0.340 e. The average molecular weight is 300 g/mol. The lowest BCUT2D eigenvalue weighted by atomic mass is 10.1. The van der Waals surface area contributed by atoms with Gasteiger partial charge in [0.15, 0.2) is 0 Å². The SMILES string of the molecule is CCCC(C)NC(=O)Nc1cc(C(=O)OC)c(F)cc1F. The van der Waals surface area contributed by atoms with Crippen LogP contribution in [0.5, 0.6) is 0 Å². The number of amides is 2. The van der Waals surface area contributed by atoms with Crippen molar-refractivity contribution < 1.29 is 23.1 Å². The summed E-state index contributed by atoms with van der Waals surface area (Å²) in [6.45, 7) is 3.78. The van der Waals surface area contributed by atoms with Gasteiger partial charge in [-0.15, -0.1) is 0 Å². The second kappa shape index (κ2) is 7.56. The van der Waals surface area contributed by atoms with Gasteiger partial charge in [0.2, 0.25) is 0 Å². The molecule has 0 aliphatic carbocycles. The van der Waals surface area contributed by atoms with Crippen molar-refractivity contribution in [1.29, 1.82) is 0 Å². The van der Waals surface area contributed by atoms with Gasteiger partial charge >= 0.3 is 12.0 Å². The molecule has 0 saturated heterocycles. The number of anilines is 1. The molecule has 21 heavy (non-hydrogen) atoms. The quantitative estimate of drug-likeness (QED) is 0.821. The van der Waals surface area contributed by atoms with E-state index < -0.39 is 29.2 Å². The van der Waals surface area contributed by atoms with E-state index in [9.17, 15) is 18.4 Å². The smallest absolute Gasteiger partial charge is 0.340 e. The molecule has 2 N–H and O–H groups in total. The number of hydrogen-bond acceptors (Lipinski definition) is 3. The third-order valence-electron chi connectivity index (χ3n) is 2.81. The molecule has 7 heteroatoms. The highest BCUT2D eigenvalue weighted by Gasteiger charge is 2.18. The summed E-state index contributed by atoms with van der Waals surface area (Å²) in [6, 6.07) is 0.716. The van der Waals surface area contributed by atoms with E-state index in [2.05, 4.69) is 15.4 Å². The zero-order valence-corrected chi connectivity index (χ0v) is 12.1. The number of carbonyl (C=O) groups excluding carboxylic acids is 2. The zero-order valence-electron chi connectivity index (χ0n) is 12.1. The molecule has 0 aromatic heterocycles. The first-order chi connectivity index (χ1) is 9.88. The second-order valence-electron chi connectivity index (χ2n) is 4.59. The van der Waals surface area contributed by atoms with Gasteiger partial charge in [-0.05, 0) is 19.4 Å². The molecular formula is C14H18F2N2O3. The van der Waals surface area contributed by atoms with E-state index in [0.717, 1.165) is 26.0 Å². The van der Waals surface area contributed by atoms with Crippen molar-refractivity contribution in [3.8, 4) is 0 Å². The van der Waals surface area contributed by atoms with Crippen LogP contribution in [0.4, 0.5) is 19.3 Å². The van der Waals surface area contributed by atoms with Gasteiger partial charge in [0.1, 0.15) is 11.6 Å². The summed E-state index contributed by atoms with van der Waals surface area (Å²) in [5, 5.41) is 4.85. The molecule has 0 saturated carbocycles. The predicted molar refractivity (Wildman–Crippen MR) is 74.2 cm³/mol. The molecule has 0 heterocycles. The molecule has 1 unspecified atom stereocenters. The van der Waals surface area contributed by atoms with Crippen molar-refractivity contribution in [2.24, 2.45) is 0 Å². The normalized spacial score (nSPS) is 11.7. The third-order valence-corrected chi connectivity index (χ3v) is 2.81. The minimum atomic E-state index is -1.05. The molecule has 0 aliphatic rings. The van der Waals surface area contributed by atoms with Gasteiger partial charge in [0.25, 0.3) is 0 Å². The summed E-state index contributed by atoms with van der Waals surface area (Å²) >= 11 is 0. The summed E-state index contributed by atoms with van der Waals surface area (Å²) < 4.78 is 31.4. The summed E-state index contributed by atoms with van der Waals surface area (Å²) in [4.78, 5) is 23.0. The first-order valence-electron chi connectivity index (χ1n) is 6.53. The molecule has 2 amide bonds. The number of hydrogen-bond donors (Lipinski definition) is 2. The minimum absolute atomic E-state index is 0.0846. The number of benzene rings is 1. The highest BCUT2D eigenvalue weighted by Crippen LogP contribution is 2.20. The fourth-order valence-corrected chi connectivity index (χ4v) is 1.80. The van der Waals surface area contributed by atoms with Crippen molar-refractivity contribution in [2.45, 2.75) is 32.7 Å². The fraction of sp³-hybridized carbons (Fsp3) is 0.429. The molecule has 0 radical (unpaired) electrons. The van der Waals surface area contributed by atoms with Crippen LogP contribution in [0.2, 0.25) is 0 Å². The maximum absolute atomic E-state index is 13.6. The lowest BCUT2D eigenvalue weighted by molar-refractivity contribution is 0.0595. The van der Waals surface area contributed by atoms with Gasteiger partial charge in [0.05, 0.1) is 18.4 Å². The number of ether oxygens (including phenoxy) is 1. The van der Waals surface area contributed by atoms with Crippen LogP contribution >= 0.6 is 0 Å². The van der Waals surface area contributed by atoms with Crippen LogP contribution in [0.3, 0.4) is 0 Å². The average Bonchev–Trinajstić information content (AvgIpc) is 2.41. The molecule has 0 bridgehead atoms. The van der Waals surface area contributed by atoms with E-state index >= 15 is 0 Å². The molecule has 1 aromatic carbocycles. The first-order valence-corrected chi connectivity index (χ1v) is 6.53. The Balaban J connectivity index is 2.88. The summed E-state index contributed by atoms with van der Waals surface area (Å²) in [5.74, 6) is -2.97. The van der Waals surface area contributed by atoms with Gasteiger partial charge in [-0.25, -0.2) is 18.4 Å². The number of rotatable bonds is 5. The Kier molecular flexibility index (Phi) is 6.08. The highest BCUT2D eigenvalue weighted by atomic mass is 19.1. The predicted octanol–water partition coefficient (Wildman–Crippen LogP) is 3.06. The lowest BCUT2D eigenvalue weighted by Gasteiger charge is -2.14. The van der Waals surface area contributed by atoms with Crippen LogP contribution in [0.25, 0.3) is 0 Å². The Morgan fingerprint density at radius 3 is 2.52 bits per heavy atom. The molecule has 0 spiro atoms. The largest absolute Gasteiger partial charge is 0.465 e. The van der Waals surface area contributed by atoms with Crippen LogP contribution in [-0.4, -0.2) is 25.2 Å². The van der Waals surface area contributed by atoms with E-state index in [1.165, 1.54) is 0 Å². The maximum atomic E-state index is 13.6. The van der Waals surface area contributed by atoms with Crippen LogP contribution in [0.1, 0.15) is 37.0 Å². The Morgan fingerprint density at radius 1 is 1.29 bits per heavy atom. The van der Waals surface area contributed by atoms with E-state index in [-0.39, 0.29) is 11.7 Å². The summed E-state index contributed by atoms with van der Waals surface area (Å²) in [7, 11) is 1.08. The number of halogens is 2. The third kappa shape index (κ3) is 4.70. The van der Waals surface area contributed by atoms with Crippen LogP contribution in [0, 0.1) is 11.6 Å². The van der Waals surface area contributed by atoms with E-state index in [4.69, 9.17) is 0 Å². The Morgan fingerprint density at radius 2 is 1.95 bits per heavy atom. The monoisotopic (exact) mass is 300 g/mol. The molecular weight excluding hydrogens is 282 g/mol. The van der Waals surface area contributed by atoms with Crippen molar-refractivity contribution in [1.82, 2.24) is 5.32 Å². The van der Waals surface area contributed by atoms with Gasteiger partial charge in [-0.1, -0.05) is 13.3 Å². The number of urea groups is 1. The Hall–Kier alpha value is -2.18. The van der Waals surface area contributed by atoms with E-state index in [1.54, 1.807) is 0 Å². The Bertz CT molecular complexity index is 535.